The Balaban J connectivity index is 0.00000784. The average Bonchev–Trinajstić information content (AvgIpc) is 2.63. The number of amides is 1. The fourth-order valence-electron chi connectivity index (χ4n) is 2.66. The molecule has 0 heterocycles. The van der Waals surface area contributed by atoms with Gasteiger partial charge < -0.3 is 25.6 Å². The fourth-order valence-corrected chi connectivity index (χ4v) is 2.66. The Morgan fingerprint density at radius 3 is 2.45 bits per heavy atom. The lowest BCUT2D eigenvalue weighted by Gasteiger charge is -2.30. The number of methoxy groups -OCH3 is 1. The molecule has 1 amide bonds. The highest BCUT2D eigenvalue weighted by atomic mass is 127. The zero-order chi connectivity index (χ0) is 21.2. The maximum Gasteiger partial charge on any atom is 0.251 e. The number of guanidine groups is 1. The number of aliphatic imine (C=N–C) groups is 1. The number of benzene rings is 1. The third-order valence-corrected chi connectivity index (χ3v) is 4.42. The molecule has 8 heteroatoms. The SMILES string of the molecule is CN=C(NCc1cccc(C(=O)NCCN(C)C)c1)NCC(OC)C(C)(C)C.I. The van der Waals surface area contributed by atoms with Crippen LogP contribution in [0.1, 0.15) is 36.7 Å². The molecule has 0 aliphatic carbocycles. The van der Waals surface area contributed by atoms with Gasteiger partial charge in [-0.2, -0.15) is 0 Å². The average molecular weight is 519 g/mol. The quantitative estimate of drug-likeness (QED) is 0.265. The standard InChI is InChI=1S/C21H37N5O2.HI/c1-21(2,3)18(28-7)15-25-20(22-4)24-14-16-9-8-10-17(13-16)19(27)23-11-12-26(5)6;/h8-10,13,18H,11-12,14-15H2,1-7H3,(H,23,27)(H2,22,24,25);1H. The number of hydrogen-bond acceptors (Lipinski definition) is 4. The van der Waals surface area contributed by atoms with E-state index >= 15 is 0 Å². The van der Waals surface area contributed by atoms with Gasteiger partial charge in [0.1, 0.15) is 0 Å². The van der Waals surface area contributed by atoms with Gasteiger partial charge in [-0.15, -0.1) is 24.0 Å². The number of halogens is 1. The van der Waals surface area contributed by atoms with Gasteiger partial charge in [-0.05, 0) is 37.2 Å². The molecule has 0 saturated heterocycles. The van der Waals surface area contributed by atoms with Crippen molar-refractivity contribution in [1.29, 1.82) is 0 Å². The van der Waals surface area contributed by atoms with E-state index < -0.39 is 0 Å². The van der Waals surface area contributed by atoms with Crippen molar-refractivity contribution in [2.24, 2.45) is 10.4 Å². The van der Waals surface area contributed by atoms with E-state index in [9.17, 15) is 4.79 Å². The number of nitrogens with one attached hydrogen (secondary N) is 3. The van der Waals surface area contributed by atoms with Crippen molar-refractivity contribution in [2.45, 2.75) is 33.4 Å². The van der Waals surface area contributed by atoms with E-state index in [0.717, 1.165) is 12.1 Å². The van der Waals surface area contributed by atoms with E-state index in [4.69, 9.17) is 4.74 Å². The summed E-state index contributed by atoms with van der Waals surface area (Å²) in [6.45, 7) is 9.11. The number of carbonyl (C=O) groups excluding carboxylic acids is 1. The Bertz CT molecular complexity index is 644. The summed E-state index contributed by atoms with van der Waals surface area (Å²) in [4.78, 5) is 18.6. The number of nitrogens with zero attached hydrogens (tertiary/aromatic N) is 2. The predicted molar refractivity (Wildman–Crippen MR) is 131 cm³/mol. The van der Waals surface area contributed by atoms with Crippen LogP contribution >= 0.6 is 24.0 Å². The van der Waals surface area contributed by atoms with Gasteiger partial charge in [-0.25, -0.2) is 0 Å². The van der Waals surface area contributed by atoms with Crippen molar-refractivity contribution in [3.05, 3.63) is 35.4 Å². The number of ether oxygens (including phenoxy) is 1. The molecule has 3 N–H and O–H groups in total. The van der Waals surface area contributed by atoms with Crippen LogP contribution in [0.3, 0.4) is 0 Å². The topological polar surface area (TPSA) is 78.0 Å². The van der Waals surface area contributed by atoms with Gasteiger partial charge in [0, 0.05) is 45.9 Å². The van der Waals surface area contributed by atoms with Crippen molar-refractivity contribution in [1.82, 2.24) is 20.9 Å². The van der Waals surface area contributed by atoms with Gasteiger partial charge in [0.2, 0.25) is 0 Å². The molecule has 1 rings (SSSR count). The van der Waals surface area contributed by atoms with Crippen LogP contribution in [0.4, 0.5) is 0 Å². The lowest BCUT2D eigenvalue weighted by Crippen LogP contribution is -2.45. The minimum atomic E-state index is -0.0562. The molecule has 29 heavy (non-hydrogen) atoms. The minimum absolute atomic E-state index is 0. The maximum atomic E-state index is 12.3. The van der Waals surface area contributed by atoms with Crippen LogP contribution in [-0.4, -0.2) is 70.8 Å². The molecule has 0 radical (unpaired) electrons. The van der Waals surface area contributed by atoms with Crippen LogP contribution < -0.4 is 16.0 Å². The number of likely N-dealkylation sites (N-methyl/N-ethyl adjacent to an activating group) is 1. The number of hydrogen-bond donors (Lipinski definition) is 3. The van der Waals surface area contributed by atoms with Gasteiger partial charge in [0.25, 0.3) is 5.91 Å². The first kappa shape index (κ1) is 27.6. The molecule has 1 aromatic carbocycles. The first-order valence-corrected chi connectivity index (χ1v) is 9.66. The predicted octanol–water partition coefficient (Wildman–Crippen LogP) is 2.32. The third-order valence-electron chi connectivity index (χ3n) is 4.42. The van der Waals surface area contributed by atoms with Crippen molar-refractivity contribution < 1.29 is 9.53 Å². The summed E-state index contributed by atoms with van der Waals surface area (Å²) in [5, 5.41) is 9.52. The molecule has 1 atom stereocenters. The molecule has 166 valence electrons. The summed E-state index contributed by atoms with van der Waals surface area (Å²) >= 11 is 0. The molecule has 0 aliphatic rings. The van der Waals surface area contributed by atoms with Crippen LogP contribution in [0.15, 0.2) is 29.3 Å². The molecule has 0 aromatic heterocycles. The number of rotatable bonds is 9. The second kappa shape index (κ2) is 13.8. The first-order chi connectivity index (χ1) is 13.2. The van der Waals surface area contributed by atoms with Gasteiger partial charge in [0.15, 0.2) is 5.96 Å². The van der Waals surface area contributed by atoms with E-state index in [0.29, 0.717) is 31.2 Å². The smallest absolute Gasteiger partial charge is 0.251 e. The molecule has 0 saturated carbocycles. The molecule has 7 nitrogen and oxygen atoms in total. The van der Waals surface area contributed by atoms with Gasteiger partial charge >= 0.3 is 0 Å². The van der Waals surface area contributed by atoms with E-state index in [1.54, 1.807) is 14.2 Å². The van der Waals surface area contributed by atoms with E-state index in [1.807, 2.05) is 43.3 Å². The van der Waals surface area contributed by atoms with Gasteiger partial charge in [-0.3, -0.25) is 9.79 Å². The molecule has 0 fully saturated rings. The highest BCUT2D eigenvalue weighted by Gasteiger charge is 2.24. The normalized spacial score (nSPS) is 12.9. The highest BCUT2D eigenvalue weighted by molar-refractivity contribution is 14.0. The van der Waals surface area contributed by atoms with E-state index in [-0.39, 0.29) is 41.4 Å². The first-order valence-electron chi connectivity index (χ1n) is 9.66. The molecule has 0 aliphatic heterocycles. The second-order valence-corrected chi connectivity index (χ2v) is 8.16. The summed E-state index contributed by atoms with van der Waals surface area (Å²) in [6, 6.07) is 7.62. The van der Waals surface area contributed by atoms with Crippen molar-refractivity contribution in [2.75, 3.05) is 47.9 Å². The Morgan fingerprint density at radius 1 is 1.21 bits per heavy atom. The zero-order valence-corrected chi connectivity index (χ0v) is 21.2. The number of carbonyl (C=O) groups is 1. The molecular weight excluding hydrogens is 481 g/mol. The Morgan fingerprint density at radius 2 is 1.90 bits per heavy atom. The van der Waals surface area contributed by atoms with Crippen LogP contribution in [0.25, 0.3) is 0 Å². The van der Waals surface area contributed by atoms with Crippen LogP contribution in [0.2, 0.25) is 0 Å². The highest BCUT2D eigenvalue weighted by Crippen LogP contribution is 2.20. The van der Waals surface area contributed by atoms with Gasteiger partial charge in [0.05, 0.1) is 6.10 Å². The van der Waals surface area contributed by atoms with Gasteiger partial charge in [-0.1, -0.05) is 32.9 Å². The maximum absolute atomic E-state index is 12.3. The van der Waals surface area contributed by atoms with Crippen LogP contribution in [-0.2, 0) is 11.3 Å². The summed E-state index contributed by atoms with van der Waals surface area (Å²) in [5.41, 5.74) is 1.71. The molecule has 1 unspecified atom stereocenters. The third kappa shape index (κ3) is 10.8. The fraction of sp³-hybridized carbons (Fsp3) is 0.619. The van der Waals surface area contributed by atoms with Crippen LogP contribution in [0.5, 0.6) is 0 Å². The van der Waals surface area contributed by atoms with Crippen molar-refractivity contribution >= 4 is 35.8 Å². The summed E-state index contributed by atoms with van der Waals surface area (Å²) < 4.78 is 5.57. The Kier molecular flexibility index (Phi) is 13.1. The Labute approximate surface area is 193 Å². The summed E-state index contributed by atoms with van der Waals surface area (Å²) in [6.07, 6.45) is 0.0697. The van der Waals surface area contributed by atoms with E-state index in [1.165, 1.54) is 0 Å². The lowest BCUT2D eigenvalue weighted by atomic mass is 9.89. The zero-order valence-electron chi connectivity index (χ0n) is 18.8. The van der Waals surface area contributed by atoms with E-state index in [2.05, 4.69) is 41.7 Å². The Hall–Kier alpha value is -1.39. The molecule has 0 spiro atoms. The molecule has 1 aromatic rings. The van der Waals surface area contributed by atoms with Crippen molar-refractivity contribution in [3.8, 4) is 0 Å². The summed E-state index contributed by atoms with van der Waals surface area (Å²) in [5.74, 6) is 0.645. The van der Waals surface area contributed by atoms with Crippen molar-refractivity contribution in [3.63, 3.8) is 0 Å². The second-order valence-electron chi connectivity index (χ2n) is 8.16. The molecular formula is C21H38IN5O2. The monoisotopic (exact) mass is 519 g/mol. The lowest BCUT2D eigenvalue weighted by molar-refractivity contribution is 0.0205. The largest absolute Gasteiger partial charge is 0.379 e. The molecule has 0 bridgehead atoms. The minimum Gasteiger partial charge on any atom is -0.379 e. The van der Waals surface area contributed by atoms with Crippen LogP contribution in [0, 0.1) is 5.41 Å². The summed E-state index contributed by atoms with van der Waals surface area (Å²) in [7, 11) is 7.43.